The summed E-state index contributed by atoms with van der Waals surface area (Å²) in [5.74, 6) is -0.774. The molecule has 4 nitrogen and oxygen atoms in total. The number of hydrogen-bond acceptors (Lipinski definition) is 2. The topological polar surface area (TPSA) is 49.4 Å². The average Bonchev–Trinajstić information content (AvgIpc) is 2.95. The van der Waals surface area contributed by atoms with Crippen LogP contribution >= 0.6 is 34.8 Å². The minimum absolute atomic E-state index is 0.103. The Labute approximate surface area is 160 Å². The fourth-order valence-electron chi connectivity index (χ4n) is 2.70. The Balaban J connectivity index is 1.71. The SMILES string of the molecule is Cc1ccc(N2CC(C(=O)Nc3ccc(Cl)c(Cl)c3)CC2=O)cc1Cl. The molecule has 1 aliphatic heterocycles. The fraction of sp³-hybridized carbons (Fsp3) is 0.222. The quantitative estimate of drug-likeness (QED) is 0.797. The molecule has 0 bridgehead atoms. The van der Waals surface area contributed by atoms with Crippen molar-refractivity contribution in [2.75, 3.05) is 16.8 Å². The van der Waals surface area contributed by atoms with Gasteiger partial charge in [-0.1, -0.05) is 40.9 Å². The van der Waals surface area contributed by atoms with Crippen LogP contribution in [0.15, 0.2) is 36.4 Å². The maximum absolute atomic E-state index is 12.5. The van der Waals surface area contributed by atoms with Crippen LogP contribution in [0.1, 0.15) is 12.0 Å². The predicted octanol–water partition coefficient (Wildman–Crippen LogP) is 4.95. The number of hydrogen-bond donors (Lipinski definition) is 1. The van der Waals surface area contributed by atoms with E-state index in [9.17, 15) is 9.59 Å². The van der Waals surface area contributed by atoms with Gasteiger partial charge in [-0.3, -0.25) is 9.59 Å². The first-order chi connectivity index (χ1) is 11.8. The molecule has 0 aliphatic carbocycles. The minimum atomic E-state index is -0.443. The van der Waals surface area contributed by atoms with Crippen molar-refractivity contribution >= 4 is 58.0 Å². The van der Waals surface area contributed by atoms with Gasteiger partial charge < -0.3 is 10.2 Å². The van der Waals surface area contributed by atoms with E-state index in [1.165, 1.54) is 0 Å². The monoisotopic (exact) mass is 396 g/mol. The zero-order valence-corrected chi connectivity index (χ0v) is 15.6. The molecule has 1 fully saturated rings. The van der Waals surface area contributed by atoms with Gasteiger partial charge in [0.05, 0.1) is 16.0 Å². The van der Waals surface area contributed by atoms with Gasteiger partial charge in [0.25, 0.3) is 0 Å². The van der Waals surface area contributed by atoms with E-state index in [4.69, 9.17) is 34.8 Å². The van der Waals surface area contributed by atoms with Crippen molar-refractivity contribution in [3.63, 3.8) is 0 Å². The van der Waals surface area contributed by atoms with E-state index >= 15 is 0 Å². The summed E-state index contributed by atoms with van der Waals surface area (Å²) < 4.78 is 0. The molecule has 7 heteroatoms. The van der Waals surface area contributed by atoms with Crippen molar-refractivity contribution in [1.29, 1.82) is 0 Å². The molecule has 25 heavy (non-hydrogen) atoms. The lowest BCUT2D eigenvalue weighted by Crippen LogP contribution is -2.28. The van der Waals surface area contributed by atoms with Crippen LogP contribution in [-0.4, -0.2) is 18.4 Å². The lowest BCUT2D eigenvalue weighted by molar-refractivity contribution is -0.122. The molecule has 1 unspecified atom stereocenters. The third kappa shape index (κ3) is 3.92. The van der Waals surface area contributed by atoms with Crippen molar-refractivity contribution in [3.05, 3.63) is 57.0 Å². The highest BCUT2D eigenvalue weighted by Gasteiger charge is 2.35. The predicted molar refractivity (Wildman–Crippen MR) is 102 cm³/mol. The highest BCUT2D eigenvalue weighted by atomic mass is 35.5. The number of amides is 2. The summed E-state index contributed by atoms with van der Waals surface area (Å²) in [5, 5.41) is 4.14. The number of aryl methyl sites for hydroxylation is 1. The number of benzene rings is 2. The van der Waals surface area contributed by atoms with Crippen LogP contribution in [0.4, 0.5) is 11.4 Å². The van der Waals surface area contributed by atoms with E-state index in [1.54, 1.807) is 29.2 Å². The van der Waals surface area contributed by atoms with E-state index in [0.29, 0.717) is 33.0 Å². The Hall–Kier alpha value is -1.75. The second-order valence-electron chi connectivity index (χ2n) is 5.96. The van der Waals surface area contributed by atoms with Crippen molar-refractivity contribution in [3.8, 4) is 0 Å². The Morgan fingerprint density at radius 3 is 2.52 bits per heavy atom. The molecule has 2 aromatic rings. The molecule has 0 aromatic heterocycles. The molecule has 0 saturated carbocycles. The Kier molecular flexibility index (Phi) is 5.23. The standard InChI is InChI=1S/C18H15Cl3N2O2/c1-10-2-4-13(8-15(10)20)23-9-11(6-17(23)24)18(25)22-12-3-5-14(19)16(21)7-12/h2-5,7-8,11H,6,9H2,1H3,(H,22,25). The van der Waals surface area contributed by atoms with Crippen molar-refractivity contribution in [2.45, 2.75) is 13.3 Å². The van der Waals surface area contributed by atoms with E-state index < -0.39 is 5.92 Å². The Morgan fingerprint density at radius 2 is 1.84 bits per heavy atom. The van der Waals surface area contributed by atoms with Gasteiger partial charge in [-0.05, 0) is 42.8 Å². The molecule has 3 rings (SSSR count). The molecule has 130 valence electrons. The lowest BCUT2D eigenvalue weighted by Gasteiger charge is -2.17. The molecule has 2 amide bonds. The minimum Gasteiger partial charge on any atom is -0.326 e. The molecule has 0 spiro atoms. The van der Waals surface area contributed by atoms with Crippen molar-refractivity contribution in [1.82, 2.24) is 0 Å². The second-order valence-corrected chi connectivity index (χ2v) is 7.18. The van der Waals surface area contributed by atoms with Crippen LogP contribution in [0.3, 0.4) is 0 Å². The Bertz CT molecular complexity index is 854. The van der Waals surface area contributed by atoms with Gasteiger partial charge in [0.2, 0.25) is 11.8 Å². The van der Waals surface area contributed by atoms with Crippen LogP contribution in [0.2, 0.25) is 15.1 Å². The van der Waals surface area contributed by atoms with Crippen LogP contribution in [0.25, 0.3) is 0 Å². The van der Waals surface area contributed by atoms with Crippen LogP contribution in [0.5, 0.6) is 0 Å². The number of carbonyl (C=O) groups excluding carboxylic acids is 2. The number of nitrogens with zero attached hydrogens (tertiary/aromatic N) is 1. The molecule has 0 radical (unpaired) electrons. The van der Waals surface area contributed by atoms with E-state index in [0.717, 1.165) is 5.56 Å². The summed E-state index contributed by atoms with van der Waals surface area (Å²) in [6, 6.07) is 10.3. The van der Waals surface area contributed by atoms with Gasteiger partial charge in [0.15, 0.2) is 0 Å². The third-order valence-electron chi connectivity index (χ3n) is 4.15. The van der Waals surface area contributed by atoms with Crippen LogP contribution in [0, 0.1) is 12.8 Å². The summed E-state index contributed by atoms with van der Waals surface area (Å²) in [5.41, 5.74) is 2.18. The summed E-state index contributed by atoms with van der Waals surface area (Å²) in [4.78, 5) is 26.4. The highest BCUT2D eigenvalue weighted by molar-refractivity contribution is 6.42. The first-order valence-electron chi connectivity index (χ1n) is 7.67. The summed E-state index contributed by atoms with van der Waals surface area (Å²) in [7, 11) is 0. The average molecular weight is 398 g/mol. The highest BCUT2D eigenvalue weighted by Crippen LogP contribution is 2.30. The van der Waals surface area contributed by atoms with E-state index in [1.807, 2.05) is 19.1 Å². The summed E-state index contributed by atoms with van der Waals surface area (Å²) in [6.45, 7) is 2.21. The maximum Gasteiger partial charge on any atom is 0.229 e. The molecular formula is C18H15Cl3N2O2. The van der Waals surface area contributed by atoms with Crippen molar-refractivity contribution in [2.24, 2.45) is 5.92 Å². The zero-order valence-electron chi connectivity index (χ0n) is 13.4. The van der Waals surface area contributed by atoms with Gasteiger partial charge in [0, 0.05) is 29.4 Å². The van der Waals surface area contributed by atoms with Gasteiger partial charge in [0.1, 0.15) is 0 Å². The van der Waals surface area contributed by atoms with Gasteiger partial charge in [-0.25, -0.2) is 0 Å². The molecule has 1 N–H and O–H groups in total. The molecule has 1 saturated heterocycles. The maximum atomic E-state index is 12.5. The molecule has 1 aliphatic rings. The normalized spacial score (nSPS) is 17.0. The second kappa shape index (κ2) is 7.24. The molecular weight excluding hydrogens is 383 g/mol. The molecule has 1 heterocycles. The number of nitrogens with one attached hydrogen (secondary N) is 1. The van der Waals surface area contributed by atoms with Gasteiger partial charge >= 0.3 is 0 Å². The smallest absolute Gasteiger partial charge is 0.229 e. The summed E-state index contributed by atoms with van der Waals surface area (Å²) >= 11 is 18.0. The first-order valence-corrected chi connectivity index (χ1v) is 8.81. The van der Waals surface area contributed by atoms with Gasteiger partial charge in [-0.15, -0.1) is 0 Å². The third-order valence-corrected chi connectivity index (χ3v) is 5.30. The van der Waals surface area contributed by atoms with E-state index in [-0.39, 0.29) is 18.2 Å². The number of anilines is 2. The van der Waals surface area contributed by atoms with Crippen LogP contribution in [-0.2, 0) is 9.59 Å². The number of rotatable bonds is 3. The lowest BCUT2D eigenvalue weighted by atomic mass is 10.1. The number of carbonyl (C=O) groups is 2. The first kappa shape index (κ1) is 18.1. The zero-order chi connectivity index (χ0) is 18.1. The Morgan fingerprint density at radius 1 is 1.08 bits per heavy atom. The van der Waals surface area contributed by atoms with Gasteiger partial charge in [-0.2, -0.15) is 0 Å². The summed E-state index contributed by atoms with van der Waals surface area (Å²) in [6.07, 6.45) is 0.151. The van der Waals surface area contributed by atoms with E-state index in [2.05, 4.69) is 5.32 Å². The number of halogens is 3. The van der Waals surface area contributed by atoms with Crippen LogP contribution < -0.4 is 10.2 Å². The molecule has 1 atom stereocenters. The van der Waals surface area contributed by atoms with Crippen molar-refractivity contribution < 1.29 is 9.59 Å². The largest absolute Gasteiger partial charge is 0.326 e. The fourth-order valence-corrected chi connectivity index (χ4v) is 3.17. The molecule has 2 aromatic carbocycles.